The predicted molar refractivity (Wildman–Crippen MR) is 76.1 cm³/mol. The van der Waals surface area contributed by atoms with Crippen molar-refractivity contribution in [2.24, 2.45) is 11.8 Å². The van der Waals surface area contributed by atoms with Crippen LogP contribution in [-0.4, -0.2) is 33.6 Å². The zero-order chi connectivity index (χ0) is 14.4. The van der Waals surface area contributed by atoms with Crippen LogP contribution >= 0.6 is 0 Å². The van der Waals surface area contributed by atoms with Crippen molar-refractivity contribution in [1.29, 1.82) is 0 Å². The Bertz CT molecular complexity index is 429. The lowest BCUT2D eigenvalue weighted by molar-refractivity contribution is 0.0883. The van der Waals surface area contributed by atoms with E-state index in [4.69, 9.17) is 9.47 Å². The van der Waals surface area contributed by atoms with E-state index >= 15 is 0 Å². The molecule has 1 rings (SSSR count). The summed E-state index contributed by atoms with van der Waals surface area (Å²) in [5, 5.41) is 3.07. The molecule has 1 unspecified atom stereocenters. The molecule has 106 valence electrons. The second kappa shape index (κ2) is 7.14. The highest BCUT2D eigenvalue weighted by Crippen LogP contribution is 2.28. The van der Waals surface area contributed by atoms with Crippen LogP contribution in [-0.2, 0) is 0 Å². The van der Waals surface area contributed by atoms with Gasteiger partial charge in [-0.2, -0.15) is 0 Å². The van der Waals surface area contributed by atoms with Gasteiger partial charge in [0.05, 0.1) is 19.8 Å². The van der Waals surface area contributed by atoms with Gasteiger partial charge in [-0.3, -0.25) is 4.79 Å². The molecule has 0 bridgehead atoms. The molecule has 0 aromatic heterocycles. The first-order chi connectivity index (χ1) is 9.04. The van der Waals surface area contributed by atoms with Gasteiger partial charge in [0.15, 0.2) is 5.78 Å². The summed E-state index contributed by atoms with van der Waals surface area (Å²) < 4.78 is 10.4. The standard InChI is InChI=1S/C15H23NO3/c1-10(2)13(9-16-3)15(17)12-7-6-11(18-4)8-14(12)19-5/h6-8,10,13,16H,9H2,1-5H3. The van der Waals surface area contributed by atoms with E-state index in [0.717, 1.165) is 0 Å². The average Bonchev–Trinajstić information content (AvgIpc) is 2.42. The van der Waals surface area contributed by atoms with Crippen molar-refractivity contribution in [1.82, 2.24) is 5.32 Å². The number of benzene rings is 1. The fourth-order valence-corrected chi connectivity index (χ4v) is 2.05. The third-order valence-corrected chi connectivity index (χ3v) is 3.24. The number of methoxy groups -OCH3 is 2. The van der Waals surface area contributed by atoms with Crippen molar-refractivity contribution in [3.05, 3.63) is 23.8 Å². The molecule has 1 atom stereocenters. The highest BCUT2D eigenvalue weighted by Gasteiger charge is 2.25. The Morgan fingerprint density at radius 1 is 1.26 bits per heavy atom. The van der Waals surface area contributed by atoms with E-state index in [1.165, 1.54) is 0 Å². The maximum atomic E-state index is 12.6. The molecule has 1 aromatic rings. The van der Waals surface area contributed by atoms with Crippen LogP contribution in [0.5, 0.6) is 11.5 Å². The number of ketones is 1. The molecule has 0 saturated heterocycles. The maximum absolute atomic E-state index is 12.6. The molecular formula is C15H23NO3. The predicted octanol–water partition coefficient (Wildman–Crippen LogP) is 2.38. The lowest BCUT2D eigenvalue weighted by atomic mass is 9.87. The number of nitrogens with one attached hydrogen (secondary N) is 1. The van der Waals surface area contributed by atoms with Gasteiger partial charge < -0.3 is 14.8 Å². The Morgan fingerprint density at radius 3 is 2.42 bits per heavy atom. The first kappa shape index (κ1) is 15.5. The molecule has 4 nitrogen and oxygen atoms in total. The van der Waals surface area contributed by atoms with Crippen molar-refractivity contribution in [3.63, 3.8) is 0 Å². The number of carbonyl (C=O) groups is 1. The van der Waals surface area contributed by atoms with E-state index < -0.39 is 0 Å². The Balaban J connectivity index is 3.09. The zero-order valence-electron chi connectivity index (χ0n) is 12.3. The smallest absolute Gasteiger partial charge is 0.171 e. The number of hydrogen-bond donors (Lipinski definition) is 1. The minimum atomic E-state index is -0.0627. The average molecular weight is 265 g/mol. The van der Waals surface area contributed by atoms with Crippen LogP contribution in [0.1, 0.15) is 24.2 Å². The highest BCUT2D eigenvalue weighted by molar-refractivity contribution is 6.00. The normalized spacial score (nSPS) is 12.3. The van der Waals surface area contributed by atoms with E-state index in [2.05, 4.69) is 19.2 Å². The second-order valence-corrected chi connectivity index (χ2v) is 4.84. The summed E-state index contributed by atoms with van der Waals surface area (Å²) in [5.74, 6) is 1.55. The first-order valence-corrected chi connectivity index (χ1v) is 6.46. The van der Waals surface area contributed by atoms with E-state index in [9.17, 15) is 4.79 Å². The highest BCUT2D eigenvalue weighted by atomic mass is 16.5. The molecule has 0 aliphatic carbocycles. The number of carbonyl (C=O) groups excluding carboxylic acids is 1. The molecule has 0 spiro atoms. The number of hydrogen-bond acceptors (Lipinski definition) is 4. The van der Waals surface area contributed by atoms with E-state index in [1.807, 2.05) is 7.05 Å². The van der Waals surface area contributed by atoms with Gasteiger partial charge in [0.25, 0.3) is 0 Å². The van der Waals surface area contributed by atoms with Crippen LogP contribution in [0.2, 0.25) is 0 Å². The molecule has 19 heavy (non-hydrogen) atoms. The summed E-state index contributed by atoms with van der Waals surface area (Å²) in [5.41, 5.74) is 0.609. The van der Waals surface area contributed by atoms with Crippen molar-refractivity contribution >= 4 is 5.78 Å². The third kappa shape index (κ3) is 3.70. The molecule has 0 radical (unpaired) electrons. The summed E-state index contributed by atoms with van der Waals surface area (Å²) >= 11 is 0. The Hall–Kier alpha value is -1.55. The molecule has 1 N–H and O–H groups in total. The fourth-order valence-electron chi connectivity index (χ4n) is 2.05. The van der Waals surface area contributed by atoms with Gasteiger partial charge in [0, 0.05) is 18.5 Å². The Kier molecular flexibility index (Phi) is 5.83. The van der Waals surface area contributed by atoms with Gasteiger partial charge in [0.2, 0.25) is 0 Å². The Morgan fingerprint density at radius 2 is 1.95 bits per heavy atom. The lowest BCUT2D eigenvalue weighted by Gasteiger charge is -2.20. The molecule has 0 aliphatic heterocycles. The molecule has 0 aliphatic rings. The summed E-state index contributed by atoms with van der Waals surface area (Å²) in [7, 11) is 5.01. The monoisotopic (exact) mass is 265 g/mol. The molecule has 0 fully saturated rings. The maximum Gasteiger partial charge on any atom is 0.171 e. The van der Waals surface area contributed by atoms with E-state index in [-0.39, 0.29) is 17.6 Å². The fraction of sp³-hybridized carbons (Fsp3) is 0.533. The molecule has 0 amide bonds. The first-order valence-electron chi connectivity index (χ1n) is 6.46. The molecule has 0 heterocycles. The van der Waals surface area contributed by atoms with Crippen molar-refractivity contribution in [2.45, 2.75) is 13.8 Å². The van der Waals surface area contributed by atoms with Crippen LogP contribution in [0.4, 0.5) is 0 Å². The van der Waals surface area contributed by atoms with Crippen LogP contribution in [0, 0.1) is 11.8 Å². The van der Waals surface area contributed by atoms with Gasteiger partial charge in [-0.25, -0.2) is 0 Å². The Labute approximate surface area is 115 Å². The second-order valence-electron chi connectivity index (χ2n) is 4.84. The lowest BCUT2D eigenvalue weighted by Crippen LogP contribution is -2.30. The summed E-state index contributed by atoms with van der Waals surface area (Å²) in [6, 6.07) is 5.29. The van der Waals surface area contributed by atoms with E-state index in [0.29, 0.717) is 23.6 Å². The third-order valence-electron chi connectivity index (χ3n) is 3.24. The molecule has 4 heteroatoms. The largest absolute Gasteiger partial charge is 0.497 e. The van der Waals surface area contributed by atoms with Crippen molar-refractivity contribution in [3.8, 4) is 11.5 Å². The topological polar surface area (TPSA) is 47.6 Å². The molecule has 1 aromatic carbocycles. The van der Waals surface area contributed by atoms with Crippen LogP contribution in [0.25, 0.3) is 0 Å². The number of rotatable bonds is 7. The van der Waals surface area contributed by atoms with Gasteiger partial charge in [-0.05, 0) is 25.1 Å². The zero-order valence-corrected chi connectivity index (χ0v) is 12.3. The number of Topliss-reactive ketones (excluding diaryl/α,β-unsaturated/α-hetero) is 1. The van der Waals surface area contributed by atoms with Crippen molar-refractivity contribution < 1.29 is 14.3 Å². The summed E-state index contributed by atoms with van der Waals surface area (Å²) in [6.07, 6.45) is 0. The van der Waals surface area contributed by atoms with Gasteiger partial charge in [0.1, 0.15) is 11.5 Å². The van der Waals surface area contributed by atoms with Crippen LogP contribution in [0.15, 0.2) is 18.2 Å². The van der Waals surface area contributed by atoms with Gasteiger partial charge in [-0.1, -0.05) is 13.8 Å². The SMILES string of the molecule is CNCC(C(=O)c1ccc(OC)cc1OC)C(C)C. The molecular weight excluding hydrogens is 242 g/mol. The minimum absolute atomic E-state index is 0.0627. The molecule has 0 saturated carbocycles. The van der Waals surface area contributed by atoms with Gasteiger partial charge in [-0.15, -0.1) is 0 Å². The van der Waals surface area contributed by atoms with Gasteiger partial charge >= 0.3 is 0 Å². The minimum Gasteiger partial charge on any atom is -0.497 e. The quantitative estimate of drug-likeness (QED) is 0.769. The van der Waals surface area contributed by atoms with Crippen molar-refractivity contribution in [2.75, 3.05) is 27.8 Å². The number of ether oxygens (including phenoxy) is 2. The van der Waals surface area contributed by atoms with E-state index in [1.54, 1.807) is 32.4 Å². The summed E-state index contributed by atoms with van der Waals surface area (Å²) in [6.45, 7) is 4.76. The van der Waals surface area contributed by atoms with Crippen LogP contribution < -0.4 is 14.8 Å². The van der Waals surface area contributed by atoms with Crippen LogP contribution in [0.3, 0.4) is 0 Å². The summed E-state index contributed by atoms with van der Waals surface area (Å²) in [4.78, 5) is 12.6.